The van der Waals surface area contributed by atoms with Gasteiger partial charge in [-0.3, -0.25) is 0 Å². The Morgan fingerprint density at radius 2 is 2.11 bits per heavy atom. The largest absolute Gasteiger partial charge is 0.409 e. The third kappa shape index (κ3) is 4.14. The summed E-state index contributed by atoms with van der Waals surface area (Å²) in [7, 11) is 0. The molecule has 0 fully saturated rings. The Hall–Kier alpha value is -1.95. The maximum atomic E-state index is 11.9. The highest BCUT2D eigenvalue weighted by Crippen LogP contribution is 2.13. The van der Waals surface area contributed by atoms with E-state index < -0.39 is 0 Å². The molecule has 0 radical (unpaired) electrons. The molecule has 0 aliphatic rings. The highest BCUT2D eigenvalue weighted by atomic mass is 35.5. The Labute approximate surface area is 110 Å². The molecule has 0 saturated carbocycles. The molecule has 98 valence electrons. The molecule has 18 heavy (non-hydrogen) atoms. The fourth-order valence-electron chi connectivity index (χ4n) is 1.29. The van der Waals surface area contributed by atoms with Crippen LogP contribution in [0.4, 0.5) is 10.5 Å². The number of hydrogen-bond donors (Lipinski definition) is 3. The van der Waals surface area contributed by atoms with E-state index >= 15 is 0 Å². The van der Waals surface area contributed by atoms with Crippen LogP contribution in [0.15, 0.2) is 29.4 Å². The fourth-order valence-corrected chi connectivity index (χ4v) is 1.42. The van der Waals surface area contributed by atoms with Crippen molar-refractivity contribution in [2.45, 2.75) is 6.92 Å². The minimum atomic E-state index is -0.327. The standard InChI is InChI=1S/C11H15ClN4O2/c1-2-16(7-10(13)15-18)11(17)14-9-5-3-8(12)4-6-9/h3-6,18H,2,7H2,1H3,(H2,13,15)(H,14,17). The third-order valence-corrected chi connectivity index (χ3v) is 2.50. The van der Waals surface area contributed by atoms with Crippen LogP contribution in [0.2, 0.25) is 5.02 Å². The summed E-state index contributed by atoms with van der Waals surface area (Å²) in [5.41, 5.74) is 5.99. The van der Waals surface area contributed by atoms with Gasteiger partial charge >= 0.3 is 6.03 Å². The number of nitrogens with two attached hydrogens (primary N) is 1. The molecule has 0 aromatic heterocycles. The maximum Gasteiger partial charge on any atom is 0.322 e. The molecule has 1 rings (SSSR count). The smallest absolute Gasteiger partial charge is 0.322 e. The maximum absolute atomic E-state index is 11.9. The lowest BCUT2D eigenvalue weighted by Gasteiger charge is -2.20. The summed E-state index contributed by atoms with van der Waals surface area (Å²) in [6.45, 7) is 2.30. The number of halogens is 1. The molecule has 0 spiro atoms. The van der Waals surface area contributed by atoms with Gasteiger partial charge in [-0.25, -0.2) is 4.79 Å². The number of amides is 2. The van der Waals surface area contributed by atoms with Crippen molar-refractivity contribution in [1.82, 2.24) is 4.90 Å². The molecule has 0 unspecified atom stereocenters. The summed E-state index contributed by atoms with van der Waals surface area (Å²) in [5.74, 6) is -0.0249. The van der Waals surface area contributed by atoms with Crippen LogP contribution in [0.5, 0.6) is 0 Å². The Morgan fingerprint density at radius 3 is 2.61 bits per heavy atom. The molecule has 6 nitrogen and oxygen atoms in total. The number of urea groups is 1. The number of carbonyl (C=O) groups excluding carboxylic acids is 1. The van der Waals surface area contributed by atoms with Gasteiger partial charge in [-0.05, 0) is 31.2 Å². The van der Waals surface area contributed by atoms with Crippen molar-refractivity contribution in [3.8, 4) is 0 Å². The van der Waals surface area contributed by atoms with E-state index in [-0.39, 0.29) is 18.4 Å². The summed E-state index contributed by atoms with van der Waals surface area (Å²) < 4.78 is 0. The Bertz CT molecular complexity index is 433. The lowest BCUT2D eigenvalue weighted by molar-refractivity contribution is 0.220. The number of oxime groups is 1. The van der Waals surface area contributed by atoms with Gasteiger partial charge in [0.1, 0.15) is 0 Å². The number of rotatable bonds is 4. The average Bonchev–Trinajstić information content (AvgIpc) is 2.38. The van der Waals surface area contributed by atoms with Gasteiger partial charge in [-0.2, -0.15) is 0 Å². The molecular weight excluding hydrogens is 256 g/mol. The van der Waals surface area contributed by atoms with E-state index in [9.17, 15) is 4.79 Å². The Morgan fingerprint density at radius 1 is 1.50 bits per heavy atom. The summed E-state index contributed by atoms with van der Waals surface area (Å²) in [4.78, 5) is 13.3. The topological polar surface area (TPSA) is 90.9 Å². The van der Waals surface area contributed by atoms with Crippen LogP contribution in [0.25, 0.3) is 0 Å². The molecular formula is C11H15ClN4O2. The molecule has 0 heterocycles. The molecule has 4 N–H and O–H groups in total. The first-order chi connectivity index (χ1) is 8.56. The fraction of sp³-hybridized carbons (Fsp3) is 0.273. The number of hydrogen-bond acceptors (Lipinski definition) is 3. The first-order valence-electron chi connectivity index (χ1n) is 5.34. The van der Waals surface area contributed by atoms with E-state index in [2.05, 4.69) is 10.5 Å². The normalized spacial score (nSPS) is 11.1. The van der Waals surface area contributed by atoms with Gasteiger partial charge in [0, 0.05) is 17.3 Å². The second-order valence-electron chi connectivity index (χ2n) is 3.54. The van der Waals surface area contributed by atoms with E-state index in [1.54, 1.807) is 31.2 Å². The van der Waals surface area contributed by atoms with Crippen LogP contribution in [0.1, 0.15) is 6.92 Å². The molecule has 2 amide bonds. The van der Waals surface area contributed by atoms with Gasteiger partial charge in [0.15, 0.2) is 5.84 Å². The van der Waals surface area contributed by atoms with Gasteiger partial charge in [0.2, 0.25) is 0 Å². The lowest BCUT2D eigenvalue weighted by Crippen LogP contribution is -2.40. The predicted octanol–water partition coefficient (Wildman–Crippen LogP) is 1.94. The van der Waals surface area contributed by atoms with Gasteiger partial charge in [0.05, 0.1) is 6.54 Å². The quantitative estimate of drug-likeness (QED) is 0.338. The van der Waals surface area contributed by atoms with Crippen molar-refractivity contribution in [3.63, 3.8) is 0 Å². The Balaban J connectivity index is 2.65. The van der Waals surface area contributed by atoms with Crippen LogP contribution in [-0.4, -0.2) is 35.1 Å². The van der Waals surface area contributed by atoms with Crippen LogP contribution in [0, 0.1) is 0 Å². The first kappa shape index (κ1) is 14.1. The molecule has 0 atom stereocenters. The Kier molecular flexibility index (Phi) is 5.26. The third-order valence-electron chi connectivity index (χ3n) is 2.25. The van der Waals surface area contributed by atoms with Crippen molar-refractivity contribution >= 4 is 29.2 Å². The first-order valence-corrected chi connectivity index (χ1v) is 5.72. The summed E-state index contributed by atoms with van der Waals surface area (Å²) >= 11 is 5.74. The van der Waals surface area contributed by atoms with E-state index in [1.165, 1.54) is 4.90 Å². The zero-order valence-electron chi connectivity index (χ0n) is 9.93. The minimum Gasteiger partial charge on any atom is -0.409 e. The van der Waals surface area contributed by atoms with E-state index in [0.717, 1.165) is 0 Å². The number of benzene rings is 1. The summed E-state index contributed by atoms with van der Waals surface area (Å²) in [5, 5.41) is 14.6. The number of anilines is 1. The van der Waals surface area contributed by atoms with Crippen molar-refractivity contribution < 1.29 is 10.0 Å². The number of nitrogens with one attached hydrogen (secondary N) is 1. The van der Waals surface area contributed by atoms with Crippen LogP contribution in [-0.2, 0) is 0 Å². The zero-order chi connectivity index (χ0) is 13.5. The summed E-state index contributed by atoms with van der Waals surface area (Å²) in [6.07, 6.45) is 0. The monoisotopic (exact) mass is 270 g/mol. The van der Waals surface area contributed by atoms with E-state index in [0.29, 0.717) is 17.3 Å². The SMILES string of the molecule is CCN(CC(N)=NO)C(=O)Nc1ccc(Cl)cc1. The average molecular weight is 271 g/mol. The minimum absolute atomic E-state index is 0.0249. The van der Waals surface area contributed by atoms with Crippen LogP contribution >= 0.6 is 11.6 Å². The second kappa shape index (κ2) is 6.70. The molecule has 0 aliphatic carbocycles. The zero-order valence-corrected chi connectivity index (χ0v) is 10.7. The van der Waals surface area contributed by atoms with Gasteiger partial charge in [-0.1, -0.05) is 16.8 Å². The predicted molar refractivity (Wildman–Crippen MR) is 71.1 cm³/mol. The summed E-state index contributed by atoms with van der Waals surface area (Å²) in [6, 6.07) is 6.41. The van der Waals surface area contributed by atoms with Crippen molar-refractivity contribution in [1.29, 1.82) is 0 Å². The van der Waals surface area contributed by atoms with Crippen molar-refractivity contribution in [3.05, 3.63) is 29.3 Å². The molecule has 0 bridgehead atoms. The molecule has 1 aromatic rings. The van der Waals surface area contributed by atoms with Crippen molar-refractivity contribution in [2.24, 2.45) is 10.9 Å². The molecule has 1 aromatic carbocycles. The lowest BCUT2D eigenvalue weighted by atomic mass is 10.3. The highest BCUT2D eigenvalue weighted by molar-refractivity contribution is 6.30. The number of nitrogens with zero attached hydrogens (tertiary/aromatic N) is 2. The van der Waals surface area contributed by atoms with Crippen molar-refractivity contribution in [2.75, 3.05) is 18.4 Å². The van der Waals surface area contributed by atoms with Gasteiger partial charge < -0.3 is 21.2 Å². The van der Waals surface area contributed by atoms with Crippen LogP contribution < -0.4 is 11.1 Å². The van der Waals surface area contributed by atoms with Crippen LogP contribution in [0.3, 0.4) is 0 Å². The van der Waals surface area contributed by atoms with Gasteiger partial charge in [-0.15, -0.1) is 0 Å². The number of likely N-dealkylation sites (N-methyl/N-ethyl adjacent to an activating group) is 1. The molecule has 0 saturated heterocycles. The van der Waals surface area contributed by atoms with E-state index in [4.69, 9.17) is 22.5 Å². The molecule has 7 heteroatoms. The van der Waals surface area contributed by atoms with Gasteiger partial charge in [0.25, 0.3) is 0 Å². The van der Waals surface area contributed by atoms with E-state index in [1.807, 2.05) is 0 Å². The number of amidine groups is 1. The highest BCUT2D eigenvalue weighted by Gasteiger charge is 2.13. The molecule has 0 aliphatic heterocycles. The second-order valence-corrected chi connectivity index (χ2v) is 3.98. The number of carbonyl (C=O) groups is 1.